The van der Waals surface area contributed by atoms with Crippen LogP contribution in [0.4, 0.5) is 5.69 Å². The number of rotatable bonds is 3. The molecule has 0 spiro atoms. The number of carbonyl (C=O) groups excluding carboxylic acids is 1. The molecule has 0 radical (unpaired) electrons. The van der Waals surface area contributed by atoms with Crippen LogP contribution in [0, 0.1) is 0 Å². The van der Waals surface area contributed by atoms with E-state index in [9.17, 15) is 9.90 Å². The number of amides is 1. The number of hydrogen-bond donors (Lipinski definition) is 2. The van der Waals surface area contributed by atoms with E-state index in [2.05, 4.69) is 5.32 Å². The third kappa shape index (κ3) is 2.76. The Hall–Kier alpha value is -2.13. The minimum absolute atomic E-state index is 0.177. The fraction of sp³-hybridized carbons (Fsp3) is 0.133. The quantitative estimate of drug-likeness (QED) is 0.867. The highest BCUT2D eigenvalue weighted by Crippen LogP contribution is 2.22. The molecule has 2 aromatic rings. The fourth-order valence-corrected chi connectivity index (χ4v) is 1.76. The predicted octanol–water partition coefficient (Wildman–Crippen LogP) is 2.99. The van der Waals surface area contributed by atoms with E-state index in [0.29, 0.717) is 16.8 Å². The maximum atomic E-state index is 12.0. The van der Waals surface area contributed by atoms with Gasteiger partial charge in [-0.3, -0.25) is 4.79 Å². The second kappa shape index (κ2) is 5.47. The molecule has 18 heavy (non-hydrogen) atoms. The zero-order valence-corrected chi connectivity index (χ0v) is 10.1. The lowest BCUT2D eigenvalue weighted by Crippen LogP contribution is -2.13. The molecule has 0 fully saturated rings. The Kier molecular flexibility index (Phi) is 3.75. The van der Waals surface area contributed by atoms with Crippen molar-refractivity contribution in [2.45, 2.75) is 13.0 Å². The van der Waals surface area contributed by atoms with Gasteiger partial charge in [-0.05, 0) is 25.1 Å². The predicted molar refractivity (Wildman–Crippen MR) is 71.5 cm³/mol. The number of para-hydroxylation sites is 1. The maximum Gasteiger partial charge on any atom is 0.255 e. The van der Waals surface area contributed by atoms with Crippen molar-refractivity contribution < 1.29 is 9.90 Å². The average molecular weight is 241 g/mol. The molecule has 2 aromatic carbocycles. The van der Waals surface area contributed by atoms with E-state index in [4.69, 9.17) is 0 Å². The molecule has 0 aromatic heterocycles. The van der Waals surface area contributed by atoms with Gasteiger partial charge in [0.2, 0.25) is 0 Å². The summed E-state index contributed by atoms with van der Waals surface area (Å²) in [5.74, 6) is -0.177. The van der Waals surface area contributed by atoms with E-state index in [0.717, 1.165) is 0 Å². The monoisotopic (exact) mass is 241 g/mol. The number of carbonyl (C=O) groups is 1. The highest BCUT2D eigenvalue weighted by Gasteiger charge is 2.10. The van der Waals surface area contributed by atoms with Gasteiger partial charge >= 0.3 is 0 Å². The fourth-order valence-electron chi connectivity index (χ4n) is 1.76. The lowest BCUT2D eigenvalue weighted by atomic mass is 10.1. The van der Waals surface area contributed by atoms with Gasteiger partial charge in [0.15, 0.2) is 0 Å². The Morgan fingerprint density at radius 3 is 2.33 bits per heavy atom. The summed E-state index contributed by atoms with van der Waals surface area (Å²) in [6.45, 7) is 1.67. The van der Waals surface area contributed by atoms with Crippen LogP contribution in [0.5, 0.6) is 0 Å². The molecule has 92 valence electrons. The largest absolute Gasteiger partial charge is 0.389 e. The van der Waals surface area contributed by atoms with Crippen LogP contribution in [0.15, 0.2) is 54.6 Å². The lowest BCUT2D eigenvalue weighted by Gasteiger charge is -2.12. The molecular formula is C15H15NO2. The summed E-state index contributed by atoms with van der Waals surface area (Å²) in [4.78, 5) is 12.0. The highest BCUT2D eigenvalue weighted by atomic mass is 16.3. The second-order valence-electron chi connectivity index (χ2n) is 4.08. The zero-order chi connectivity index (χ0) is 13.0. The van der Waals surface area contributed by atoms with Crippen molar-refractivity contribution in [3.63, 3.8) is 0 Å². The van der Waals surface area contributed by atoms with Gasteiger partial charge in [0, 0.05) is 16.8 Å². The van der Waals surface area contributed by atoms with Gasteiger partial charge < -0.3 is 10.4 Å². The zero-order valence-electron chi connectivity index (χ0n) is 10.1. The molecule has 2 rings (SSSR count). The van der Waals surface area contributed by atoms with E-state index < -0.39 is 6.10 Å². The van der Waals surface area contributed by atoms with Crippen molar-refractivity contribution in [3.8, 4) is 0 Å². The minimum Gasteiger partial charge on any atom is -0.389 e. The smallest absolute Gasteiger partial charge is 0.255 e. The summed E-state index contributed by atoms with van der Waals surface area (Å²) in [5, 5.41) is 12.4. The van der Waals surface area contributed by atoms with Crippen LogP contribution in [0.3, 0.4) is 0 Å². The average Bonchev–Trinajstić information content (AvgIpc) is 2.40. The molecule has 0 aliphatic carbocycles. The molecule has 1 unspecified atom stereocenters. The molecule has 0 heterocycles. The van der Waals surface area contributed by atoms with Gasteiger partial charge in [0.1, 0.15) is 0 Å². The number of aliphatic hydroxyl groups is 1. The van der Waals surface area contributed by atoms with Gasteiger partial charge in [-0.1, -0.05) is 36.4 Å². The van der Waals surface area contributed by atoms with Crippen molar-refractivity contribution in [2.24, 2.45) is 0 Å². The van der Waals surface area contributed by atoms with Crippen molar-refractivity contribution in [3.05, 3.63) is 65.7 Å². The summed E-state index contributed by atoms with van der Waals surface area (Å²) in [5.41, 5.74) is 1.95. The SMILES string of the molecule is CC(O)c1ccccc1NC(=O)c1ccccc1. The second-order valence-corrected chi connectivity index (χ2v) is 4.08. The van der Waals surface area contributed by atoms with Gasteiger partial charge in [-0.25, -0.2) is 0 Å². The summed E-state index contributed by atoms with van der Waals surface area (Å²) < 4.78 is 0. The van der Waals surface area contributed by atoms with Gasteiger partial charge in [-0.2, -0.15) is 0 Å². The van der Waals surface area contributed by atoms with Crippen LogP contribution >= 0.6 is 0 Å². The van der Waals surface area contributed by atoms with E-state index in [1.54, 1.807) is 31.2 Å². The van der Waals surface area contributed by atoms with Crippen molar-refractivity contribution in [1.82, 2.24) is 0 Å². The third-order valence-corrected chi connectivity index (χ3v) is 2.70. The maximum absolute atomic E-state index is 12.0. The van der Waals surface area contributed by atoms with Crippen molar-refractivity contribution >= 4 is 11.6 Å². The summed E-state index contributed by atoms with van der Waals surface area (Å²) >= 11 is 0. The molecule has 0 bridgehead atoms. The molecule has 3 nitrogen and oxygen atoms in total. The first kappa shape index (κ1) is 12.3. The van der Waals surface area contributed by atoms with Crippen LogP contribution in [-0.4, -0.2) is 11.0 Å². The Bertz CT molecular complexity index is 535. The molecule has 0 saturated heterocycles. The molecule has 3 heteroatoms. The third-order valence-electron chi connectivity index (χ3n) is 2.70. The minimum atomic E-state index is -0.614. The first-order chi connectivity index (χ1) is 8.68. The Morgan fingerprint density at radius 2 is 1.67 bits per heavy atom. The van der Waals surface area contributed by atoms with Crippen LogP contribution < -0.4 is 5.32 Å². The molecular weight excluding hydrogens is 226 g/mol. The first-order valence-corrected chi connectivity index (χ1v) is 5.82. The van der Waals surface area contributed by atoms with Gasteiger partial charge in [-0.15, -0.1) is 0 Å². The molecule has 1 amide bonds. The summed E-state index contributed by atoms with van der Waals surface area (Å²) in [6, 6.07) is 16.2. The molecule has 1 atom stereocenters. The van der Waals surface area contributed by atoms with Crippen molar-refractivity contribution in [1.29, 1.82) is 0 Å². The van der Waals surface area contributed by atoms with Crippen LogP contribution in [0.25, 0.3) is 0 Å². The van der Waals surface area contributed by atoms with E-state index in [-0.39, 0.29) is 5.91 Å². The Morgan fingerprint density at radius 1 is 1.06 bits per heavy atom. The Balaban J connectivity index is 2.22. The normalized spacial score (nSPS) is 11.9. The number of hydrogen-bond acceptors (Lipinski definition) is 2. The molecule has 0 aliphatic heterocycles. The number of aliphatic hydroxyl groups excluding tert-OH is 1. The topological polar surface area (TPSA) is 49.3 Å². The van der Waals surface area contributed by atoms with Gasteiger partial charge in [0.25, 0.3) is 5.91 Å². The lowest BCUT2D eigenvalue weighted by molar-refractivity contribution is 0.102. The van der Waals surface area contributed by atoms with Crippen LogP contribution in [-0.2, 0) is 0 Å². The van der Waals surface area contributed by atoms with E-state index in [1.807, 2.05) is 30.3 Å². The van der Waals surface area contributed by atoms with E-state index >= 15 is 0 Å². The highest BCUT2D eigenvalue weighted by molar-refractivity contribution is 6.04. The molecule has 2 N–H and O–H groups in total. The number of nitrogens with one attached hydrogen (secondary N) is 1. The molecule has 0 saturated carbocycles. The van der Waals surface area contributed by atoms with Crippen molar-refractivity contribution in [2.75, 3.05) is 5.32 Å². The number of benzene rings is 2. The summed E-state index contributed by atoms with van der Waals surface area (Å²) in [7, 11) is 0. The number of anilines is 1. The van der Waals surface area contributed by atoms with E-state index in [1.165, 1.54) is 0 Å². The molecule has 0 aliphatic rings. The summed E-state index contributed by atoms with van der Waals surface area (Å²) in [6.07, 6.45) is -0.614. The first-order valence-electron chi connectivity index (χ1n) is 5.82. The standard InChI is InChI=1S/C15H15NO2/c1-11(17)13-9-5-6-10-14(13)16-15(18)12-7-3-2-4-8-12/h2-11,17H,1H3,(H,16,18). The van der Waals surface area contributed by atoms with Crippen LogP contribution in [0.1, 0.15) is 28.9 Å². The van der Waals surface area contributed by atoms with Gasteiger partial charge in [0.05, 0.1) is 6.10 Å². The van der Waals surface area contributed by atoms with Crippen LogP contribution in [0.2, 0.25) is 0 Å². The Labute approximate surface area is 106 Å².